The summed E-state index contributed by atoms with van der Waals surface area (Å²) < 4.78 is 6.80. The van der Waals surface area contributed by atoms with Crippen LogP contribution in [0.25, 0.3) is 0 Å². The minimum absolute atomic E-state index is 0.0401. The maximum Gasteiger partial charge on any atom is 0.261 e. The normalized spacial score (nSPS) is 17.9. The van der Waals surface area contributed by atoms with Gasteiger partial charge in [0.25, 0.3) is 8.32 Å². The summed E-state index contributed by atoms with van der Waals surface area (Å²) in [5.74, 6) is 0.152. The van der Waals surface area contributed by atoms with Crippen molar-refractivity contribution in [1.29, 1.82) is 0 Å². The Kier molecular flexibility index (Phi) is 5.07. The van der Waals surface area contributed by atoms with Crippen LogP contribution in [0.2, 0.25) is 5.04 Å². The minimum Gasteiger partial charge on any atom is -0.407 e. The molecule has 0 saturated carbocycles. The lowest BCUT2D eigenvalue weighted by molar-refractivity contribution is -0.118. The van der Waals surface area contributed by atoms with E-state index >= 15 is 0 Å². The summed E-state index contributed by atoms with van der Waals surface area (Å²) in [5, 5.41) is 2.46. The second-order valence-electron chi connectivity index (χ2n) is 7.71. The fraction of sp³-hybridized carbons (Fsp3) is 0.318. The van der Waals surface area contributed by atoms with Crippen molar-refractivity contribution in [1.82, 2.24) is 0 Å². The molecule has 1 atom stereocenters. The zero-order chi connectivity index (χ0) is 17.9. The second-order valence-corrected chi connectivity index (χ2v) is 12.0. The van der Waals surface area contributed by atoms with E-state index in [2.05, 4.69) is 69.3 Å². The summed E-state index contributed by atoms with van der Waals surface area (Å²) in [4.78, 5) is 12.1. The van der Waals surface area contributed by atoms with Crippen molar-refractivity contribution in [3.8, 4) is 0 Å². The molecule has 0 N–H and O–H groups in total. The molecule has 0 radical (unpaired) electrons. The molecule has 0 spiro atoms. The van der Waals surface area contributed by atoms with Gasteiger partial charge in [-0.05, 0) is 27.9 Å². The number of rotatable bonds is 5. The fourth-order valence-corrected chi connectivity index (χ4v) is 8.34. The molecule has 0 saturated heterocycles. The van der Waals surface area contributed by atoms with Crippen molar-refractivity contribution >= 4 is 24.5 Å². The van der Waals surface area contributed by atoms with E-state index in [0.29, 0.717) is 6.61 Å². The molecular weight excluding hydrogens is 324 g/mol. The lowest BCUT2D eigenvalue weighted by Gasteiger charge is -2.43. The minimum atomic E-state index is -2.53. The van der Waals surface area contributed by atoms with Crippen molar-refractivity contribution in [2.45, 2.75) is 32.2 Å². The van der Waals surface area contributed by atoms with Gasteiger partial charge in [0.2, 0.25) is 0 Å². The standard InChI is InChI=1S/C22H26O2Si/c1-22(2,3)25(19-12-6-4-7-13-19,20-14-8-5-9-15-20)24-17-18-11-10-16-21(18)23/h4-10,12-16,18H,11,17H2,1-3H3/t18-/m1/s1. The predicted molar refractivity (Wildman–Crippen MR) is 106 cm³/mol. The van der Waals surface area contributed by atoms with E-state index in [1.165, 1.54) is 10.4 Å². The van der Waals surface area contributed by atoms with Gasteiger partial charge in [-0.3, -0.25) is 4.79 Å². The summed E-state index contributed by atoms with van der Waals surface area (Å²) >= 11 is 0. The summed E-state index contributed by atoms with van der Waals surface area (Å²) in [6.07, 6.45) is 4.44. The molecule has 0 bridgehead atoms. The van der Waals surface area contributed by atoms with Gasteiger partial charge in [0, 0.05) is 12.5 Å². The van der Waals surface area contributed by atoms with Crippen LogP contribution in [0.5, 0.6) is 0 Å². The van der Waals surface area contributed by atoms with Crippen LogP contribution in [0.1, 0.15) is 27.2 Å². The molecule has 0 unspecified atom stereocenters. The quantitative estimate of drug-likeness (QED) is 0.769. The Hall–Kier alpha value is -1.97. The zero-order valence-corrected chi connectivity index (χ0v) is 16.2. The Balaban J connectivity index is 2.07. The van der Waals surface area contributed by atoms with Gasteiger partial charge in [0.05, 0.1) is 0 Å². The fourth-order valence-electron chi connectivity index (χ4n) is 3.74. The maximum absolute atomic E-state index is 12.1. The average Bonchev–Trinajstić information content (AvgIpc) is 3.01. The molecule has 1 aliphatic rings. The van der Waals surface area contributed by atoms with Crippen LogP contribution in [0.4, 0.5) is 0 Å². The molecule has 0 amide bonds. The van der Waals surface area contributed by atoms with Gasteiger partial charge in [-0.15, -0.1) is 0 Å². The van der Waals surface area contributed by atoms with Crippen molar-refractivity contribution in [2.24, 2.45) is 5.92 Å². The zero-order valence-electron chi connectivity index (χ0n) is 15.2. The monoisotopic (exact) mass is 350 g/mol. The molecule has 25 heavy (non-hydrogen) atoms. The van der Waals surface area contributed by atoms with Gasteiger partial charge in [0.15, 0.2) is 5.78 Å². The Morgan fingerprint density at radius 2 is 1.48 bits per heavy atom. The topological polar surface area (TPSA) is 26.3 Å². The lowest BCUT2D eigenvalue weighted by Crippen LogP contribution is -2.67. The van der Waals surface area contributed by atoms with E-state index in [9.17, 15) is 4.79 Å². The van der Waals surface area contributed by atoms with E-state index in [1.807, 2.05) is 18.2 Å². The lowest BCUT2D eigenvalue weighted by atomic mass is 10.1. The highest BCUT2D eigenvalue weighted by Crippen LogP contribution is 2.37. The van der Waals surface area contributed by atoms with Gasteiger partial charge < -0.3 is 4.43 Å². The maximum atomic E-state index is 12.1. The van der Waals surface area contributed by atoms with Crippen LogP contribution in [-0.2, 0) is 9.22 Å². The second kappa shape index (κ2) is 7.10. The van der Waals surface area contributed by atoms with E-state index in [-0.39, 0.29) is 16.7 Å². The van der Waals surface area contributed by atoms with Gasteiger partial charge >= 0.3 is 0 Å². The molecule has 2 aromatic carbocycles. The number of benzene rings is 2. The third kappa shape index (κ3) is 3.39. The van der Waals surface area contributed by atoms with Crippen LogP contribution in [0.15, 0.2) is 72.8 Å². The molecule has 0 fully saturated rings. The molecular formula is C22H26O2Si. The summed E-state index contributed by atoms with van der Waals surface area (Å²) in [6.45, 7) is 7.26. The van der Waals surface area contributed by atoms with Crippen LogP contribution >= 0.6 is 0 Å². The van der Waals surface area contributed by atoms with Gasteiger partial charge in [-0.1, -0.05) is 87.5 Å². The molecule has 1 aliphatic carbocycles. The highest BCUT2D eigenvalue weighted by atomic mass is 28.4. The average molecular weight is 351 g/mol. The number of allylic oxidation sites excluding steroid dienone is 2. The highest BCUT2D eigenvalue weighted by molar-refractivity contribution is 6.99. The van der Waals surface area contributed by atoms with E-state index < -0.39 is 8.32 Å². The Bertz CT molecular complexity index is 705. The molecule has 0 aliphatic heterocycles. The molecule has 2 nitrogen and oxygen atoms in total. The van der Waals surface area contributed by atoms with Crippen molar-refractivity contribution in [2.75, 3.05) is 6.61 Å². The molecule has 0 heterocycles. The van der Waals surface area contributed by atoms with E-state index in [0.717, 1.165) is 6.42 Å². The van der Waals surface area contributed by atoms with Gasteiger partial charge in [-0.25, -0.2) is 0 Å². The number of carbonyl (C=O) groups excluding carboxylic acids is 1. The summed E-state index contributed by atoms with van der Waals surface area (Å²) in [5.41, 5.74) is 0. The largest absolute Gasteiger partial charge is 0.407 e. The third-order valence-electron chi connectivity index (χ3n) is 5.02. The van der Waals surface area contributed by atoms with Crippen molar-refractivity contribution in [3.05, 3.63) is 72.8 Å². The van der Waals surface area contributed by atoms with Crippen LogP contribution in [0.3, 0.4) is 0 Å². The smallest absolute Gasteiger partial charge is 0.261 e. The Morgan fingerprint density at radius 1 is 0.960 bits per heavy atom. The first-order valence-electron chi connectivity index (χ1n) is 8.90. The summed E-state index contributed by atoms with van der Waals surface area (Å²) in [7, 11) is -2.53. The van der Waals surface area contributed by atoms with Crippen molar-refractivity contribution in [3.63, 3.8) is 0 Å². The third-order valence-corrected chi connectivity index (χ3v) is 10.0. The van der Waals surface area contributed by atoms with E-state index in [1.54, 1.807) is 6.08 Å². The summed E-state index contributed by atoms with van der Waals surface area (Å²) in [6, 6.07) is 21.1. The van der Waals surface area contributed by atoms with Crippen LogP contribution in [0, 0.1) is 5.92 Å². The molecule has 0 aromatic heterocycles. The molecule has 2 aromatic rings. The number of hydrogen-bond donors (Lipinski definition) is 0. The number of carbonyl (C=O) groups is 1. The number of hydrogen-bond acceptors (Lipinski definition) is 2. The first-order chi connectivity index (χ1) is 11.9. The first-order valence-corrected chi connectivity index (χ1v) is 10.8. The Morgan fingerprint density at radius 3 is 1.88 bits per heavy atom. The van der Waals surface area contributed by atoms with Crippen LogP contribution in [-0.4, -0.2) is 20.7 Å². The first kappa shape index (κ1) is 17.8. The SMILES string of the molecule is CC(C)(C)[Si](OC[C@H]1CC=CC1=O)(c1ccccc1)c1ccccc1. The highest BCUT2D eigenvalue weighted by Gasteiger charge is 2.50. The molecule has 3 rings (SSSR count). The number of ketones is 1. The Labute approximate surface area is 151 Å². The molecule has 130 valence electrons. The van der Waals surface area contributed by atoms with Gasteiger partial charge in [-0.2, -0.15) is 0 Å². The predicted octanol–water partition coefficient (Wildman–Crippen LogP) is 3.71. The van der Waals surface area contributed by atoms with Crippen LogP contribution < -0.4 is 10.4 Å². The molecule has 3 heteroatoms. The van der Waals surface area contributed by atoms with E-state index in [4.69, 9.17) is 4.43 Å². The van der Waals surface area contributed by atoms with Gasteiger partial charge in [0.1, 0.15) is 0 Å². The van der Waals surface area contributed by atoms with Crippen molar-refractivity contribution < 1.29 is 9.22 Å².